The fourth-order valence-corrected chi connectivity index (χ4v) is 1.08. The molecular formula is C6H10ClFO. The van der Waals surface area contributed by atoms with E-state index in [2.05, 4.69) is 0 Å². The molecule has 1 saturated heterocycles. The first kappa shape index (κ1) is 7.29. The Labute approximate surface area is 59.1 Å². The highest BCUT2D eigenvalue weighted by Gasteiger charge is 2.46. The number of alkyl halides is 2. The minimum Gasteiger partial charge on any atom is -0.365 e. The van der Waals surface area contributed by atoms with Gasteiger partial charge in [-0.1, -0.05) is 0 Å². The second-order valence-electron chi connectivity index (χ2n) is 2.42. The predicted molar refractivity (Wildman–Crippen MR) is 34.5 cm³/mol. The zero-order chi connectivity index (χ0) is 7.02. The lowest BCUT2D eigenvalue weighted by atomic mass is 10.2. The third-order valence-corrected chi connectivity index (χ3v) is 1.72. The summed E-state index contributed by atoms with van der Waals surface area (Å²) in [6.07, 6.45) is -1.17. The van der Waals surface area contributed by atoms with E-state index in [9.17, 15) is 4.39 Å². The Bertz CT molecular complexity index is 93.2. The van der Waals surface area contributed by atoms with Crippen molar-refractivity contribution in [1.29, 1.82) is 0 Å². The van der Waals surface area contributed by atoms with Crippen molar-refractivity contribution in [2.75, 3.05) is 0 Å². The predicted octanol–water partition coefficient (Wildman–Crippen LogP) is 1.74. The van der Waals surface area contributed by atoms with Gasteiger partial charge in [0.15, 0.2) is 0 Å². The van der Waals surface area contributed by atoms with Crippen molar-refractivity contribution in [3.05, 3.63) is 0 Å². The lowest BCUT2D eigenvalue weighted by Gasteiger charge is -1.95. The lowest BCUT2D eigenvalue weighted by molar-refractivity contribution is 0.262. The second-order valence-corrected chi connectivity index (χ2v) is 3.11. The van der Waals surface area contributed by atoms with Crippen LogP contribution in [0.1, 0.15) is 13.8 Å². The van der Waals surface area contributed by atoms with E-state index in [4.69, 9.17) is 16.3 Å². The van der Waals surface area contributed by atoms with Gasteiger partial charge in [0.1, 0.15) is 18.4 Å². The molecule has 0 N–H and O–H groups in total. The van der Waals surface area contributed by atoms with Gasteiger partial charge in [-0.05, 0) is 13.8 Å². The summed E-state index contributed by atoms with van der Waals surface area (Å²) in [4.78, 5) is 0. The Balaban J connectivity index is 2.24. The summed E-state index contributed by atoms with van der Waals surface area (Å²) >= 11 is 5.62. The molecule has 0 spiro atoms. The van der Waals surface area contributed by atoms with Crippen LogP contribution in [0.4, 0.5) is 4.39 Å². The molecule has 3 heteroatoms. The summed E-state index contributed by atoms with van der Waals surface area (Å²) in [6.45, 7) is 3.30. The molecule has 0 aromatic heterocycles. The fourth-order valence-electron chi connectivity index (χ4n) is 0.875. The van der Waals surface area contributed by atoms with Crippen molar-refractivity contribution in [2.45, 2.75) is 37.6 Å². The lowest BCUT2D eigenvalue weighted by Crippen LogP contribution is -2.12. The molecule has 0 saturated carbocycles. The van der Waals surface area contributed by atoms with E-state index in [-0.39, 0.29) is 17.6 Å². The van der Waals surface area contributed by atoms with E-state index in [1.54, 1.807) is 0 Å². The monoisotopic (exact) mass is 152 g/mol. The van der Waals surface area contributed by atoms with Crippen molar-refractivity contribution in [3.8, 4) is 0 Å². The van der Waals surface area contributed by atoms with E-state index in [0.717, 1.165) is 0 Å². The van der Waals surface area contributed by atoms with E-state index >= 15 is 0 Å². The Morgan fingerprint density at radius 3 is 2.11 bits per heavy atom. The molecule has 1 nitrogen and oxygen atoms in total. The van der Waals surface area contributed by atoms with Gasteiger partial charge >= 0.3 is 0 Å². The summed E-state index contributed by atoms with van der Waals surface area (Å²) in [6, 6.07) is 0. The topological polar surface area (TPSA) is 12.5 Å². The molecule has 4 unspecified atom stereocenters. The molecule has 0 radical (unpaired) electrons. The smallest absolute Gasteiger partial charge is 0.126 e. The van der Waals surface area contributed by atoms with Crippen LogP contribution in [0.25, 0.3) is 0 Å². The number of halogens is 2. The molecule has 0 amide bonds. The molecule has 4 atom stereocenters. The van der Waals surface area contributed by atoms with Crippen molar-refractivity contribution < 1.29 is 9.13 Å². The number of ether oxygens (including phenoxy) is 1. The number of hydrogen-bond donors (Lipinski definition) is 0. The molecule has 54 valence electrons. The Hall–Kier alpha value is 0.180. The van der Waals surface area contributed by atoms with Crippen LogP contribution in [-0.4, -0.2) is 23.8 Å². The Kier molecular flexibility index (Phi) is 1.97. The van der Waals surface area contributed by atoms with Gasteiger partial charge in [-0.15, -0.1) is 11.6 Å². The van der Waals surface area contributed by atoms with Crippen molar-refractivity contribution in [2.24, 2.45) is 0 Å². The zero-order valence-corrected chi connectivity index (χ0v) is 6.23. The largest absolute Gasteiger partial charge is 0.365 e. The average Bonchev–Trinajstić information content (AvgIpc) is 2.39. The molecule has 0 aromatic rings. The van der Waals surface area contributed by atoms with Gasteiger partial charge in [0.05, 0.1) is 5.38 Å². The van der Waals surface area contributed by atoms with Crippen LogP contribution in [0.5, 0.6) is 0 Å². The first-order valence-corrected chi connectivity index (χ1v) is 3.50. The van der Waals surface area contributed by atoms with Crippen LogP contribution >= 0.6 is 11.6 Å². The minimum atomic E-state index is -0.879. The van der Waals surface area contributed by atoms with Gasteiger partial charge < -0.3 is 4.74 Å². The van der Waals surface area contributed by atoms with E-state index in [1.807, 2.05) is 6.92 Å². The Morgan fingerprint density at radius 1 is 1.44 bits per heavy atom. The number of hydrogen-bond acceptors (Lipinski definition) is 1. The van der Waals surface area contributed by atoms with Gasteiger partial charge in [-0.25, -0.2) is 4.39 Å². The van der Waals surface area contributed by atoms with Crippen LogP contribution in [0.15, 0.2) is 0 Å². The average molecular weight is 153 g/mol. The third-order valence-electron chi connectivity index (χ3n) is 1.47. The number of epoxide rings is 1. The SMILES string of the molecule is CC(F)C1OC1C(C)Cl. The zero-order valence-electron chi connectivity index (χ0n) is 5.47. The highest BCUT2D eigenvalue weighted by atomic mass is 35.5. The van der Waals surface area contributed by atoms with Crippen LogP contribution < -0.4 is 0 Å². The maximum Gasteiger partial charge on any atom is 0.126 e. The van der Waals surface area contributed by atoms with E-state index < -0.39 is 6.17 Å². The summed E-state index contributed by atoms with van der Waals surface area (Å²) in [5.74, 6) is 0. The highest BCUT2D eigenvalue weighted by molar-refractivity contribution is 6.21. The molecule has 9 heavy (non-hydrogen) atoms. The summed E-state index contributed by atoms with van der Waals surface area (Å²) in [5, 5.41) is -0.0619. The fraction of sp³-hybridized carbons (Fsp3) is 1.00. The summed E-state index contributed by atoms with van der Waals surface area (Å²) in [5.41, 5.74) is 0. The van der Waals surface area contributed by atoms with E-state index in [1.165, 1.54) is 6.92 Å². The quantitative estimate of drug-likeness (QED) is 0.434. The summed E-state index contributed by atoms with van der Waals surface area (Å²) < 4.78 is 17.2. The molecule has 0 aliphatic carbocycles. The van der Waals surface area contributed by atoms with E-state index in [0.29, 0.717) is 0 Å². The molecule has 1 aliphatic rings. The van der Waals surface area contributed by atoms with Gasteiger partial charge in [-0.2, -0.15) is 0 Å². The molecular weight excluding hydrogens is 143 g/mol. The van der Waals surface area contributed by atoms with Crippen molar-refractivity contribution in [3.63, 3.8) is 0 Å². The van der Waals surface area contributed by atoms with Gasteiger partial charge in [-0.3, -0.25) is 0 Å². The maximum absolute atomic E-state index is 12.3. The van der Waals surface area contributed by atoms with Gasteiger partial charge in [0, 0.05) is 0 Å². The molecule has 1 rings (SSSR count). The standard InChI is InChI=1S/C6H10ClFO/c1-3(7)5-6(9-5)4(2)8/h3-6H,1-2H3. The number of rotatable bonds is 2. The molecule has 0 aromatic carbocycles. The Morgan fingerprint density at radius 2 is 2.00 bits per heavy atom. The van der Waals surface area contributed by atoms with Crippen LogP contribution in [-0.2, 0) is 4.74 Å². The van der Waals surface area contributed by atoms with Gasteiger partial charge in [0.25, 0.3) is 0 Å². The van der Waals surface area contributed by atoms with Crippen LogP contribution in [0, 0.1) is 0 Å². The third kappa shape index (κ3) is 1.55. The first-order valence-electron chi connectivity index (χ1n) is 3.06. The molecule has 1 aliphatic heterocycles. The molecule has 1 heterocycles. The first-order chi connectivity index (χ1) is 4.13. The van der Waals surface area contributed by atoms with Crippen LogP contribution in [0.2, 0.25) is 0 Å². The second kappa shape index (κ2) is 2.43. The van der Waals surface area contributed by atoms with Crippen LogP contribution in [0.3, 0.4) is 0 Å². The van der Waals surface area contributed by atoms with Crippen molar-refractivity contribution in [1.82, 2.24) is 0 Å². The van der Waals surface area contributed by atoms with Crippen molar-refractivity contribution >= 4 is 11.6 Å². The minimum absolute atomic E-state index is 0.0494. The molecule has 1 fully saturated rings. The maximum atomic E-state index is 12.3. The normalized spacial score (nSPS) is 40.0. The van der Waals surface area contributed by atoms with Gasteiger partial charge in [0.2, 0.25) is 0 Å². The highest BCUT2D eigenvalue weighted by Crippen LogP contribution is 2.32. The summed E-state index contributed by atoms with van der Waals surface area (Å²) in [7, 11) is 0. The molecule has 0 bridgehead atoms.